The molecule has 0 aromatic heterocycles. The second kappa shape index (κ2) is 3.98. The molecule has 0 aliphatic heterocycles. The molecule has 1 aromatic carbocycles. The van der Waals surface area contributed by atoms with E-state index in [0.717, 1.165) is 10.2 Å². The SMILES string of the molecule is CC1(C)C(Nc2ccc(C(=O)O)cc2Br)C1(C)C. The van der Waals surface area contributed by atoms with Crippen LogP contribution < -0.4 is 5.32 Å². The maximum absolute atomic E-state index is 10.9. The number of anilines is 1. The molecule has 1 aromatic rings. The van der Waals surface area contributed by atoms with E-state index in [1.165, 1.54) is 0 Å². The van der Waals surface area contributed by atoms with Gasteiger partial charge in [0, 0.05) is 16.2 Å². The van der Waals surface area contributed by atoms with Crippen LogP contribution in [0.15, 0.2) is 22.7 Å². The minimum absolute atomic E-state index is 0.248. The average Bonchev–Trinajstić information content (AvgIpc) is 2.63. The molecule has 0 atom stereocenters. The number of carbonyl (C=O) groups is 1. The van der Waals surface area contributed by atoms with E-state index in [0.29, 0.717) is 11.6 Å². The Balaban J connectivity index is 2.20. The smallest absolute Gasteiger partial charge is 0.335 e. The summed E-state index contributed by atoms with van der Waals surface area (Å²) in [6.45, 7) is 8.96. The second-order valence-electron chi connectivity index (χ2n) is 6.02. The van der Waals surface area contributed by atoms with Crippen molar-refractivity contribution in [2.24, 2.45) is 10.8 Å². The molecule has 0 radical (unpaired) electrons. The van der Waals surface area contributed by atoms with E-state index in [9.17, 15) is 4.79 Å². The highest BCUT2D eigenvalue weighted by atomic mass is 79.9. The molecule has 2 N–H and O–H groups in total. The molecule has 0 heterocycles. The third kappa shape index (κ3) is 1.92. The summed E-state index contributed by atoms with van der Waals surface area (Å²) in [5.74, 6) is -0.908. The summed E-state index contributed by atoms with van der Waals surface area (Å²) in [5.41, 5.74) is 1.74. The van der Waals surface area contributed by atoms with Crippen molar-refractivity contribution in [2.45, 2.75) is 33.7 Å². The quantitative estimate of drug-likeness (QED) is 0.887. The Morgan fingerprint density at radius 2 is 1.83 bits per heavy atom. The summed E-state index contributed by atoms with van der Waals surface area (Å²) in [4.78, 5) is 10.9. The molecule has 1 saturated carbocycles. The first kappa shape index (κ1) is 13.4. The minimum Gasteiger partial charge on any atom is -0.478 e. The van der Waals surface area contributed by atoms with Crippen molar-refractivity contribution in [1.82, 2.24) is 0 Å². The Bertz CT molecular complexity index is 495. The van der Waals surface area contributed by atoms with E-state index in [2.05, 4.69) is 48.9 Å². The van der Waals surface area contributed by atoms with Gasteiger partial charge in [0.05, 0.1) is 5.56 Å². The van der Waals surface area contributed by atoms with Crippen molar-refractivity contribution in [3.63, 3.8) is 0 Å². The lowest BCUT2D eigenvalue weighted by Crippen LogP contribution is -2.10. The number of carboxylic acids is 1. The van der Waals surface area contributed by atoms with Crippen LogP contribution in [0.4, 0.5) is 5.69 Å². The summed E-state index contributed by atoms with van der Waals surface area (Å²) in [7, 11) is 0. The van der Waals surface area contributed by atoms with Crippen LogP contribution in [0.2, 0.25) is 0 Å². The van der Waals surface area contributed by atoms with Gasteiger partial charge in [-0.1, -0.05) is 27.7 Å². The van der Waals surface area contributed by atoms with Gasteiger partial charge in [-0.15, -0.1) is 0 Å². The summed E-state index contributed by atoms with van der Waals surface area (Å²) in [5, 5.41) is 12.4. The van der Waals surface area contributed by atoms with E-state index >= 15 is 0 Å². The van der Waals surface area contributed by atoms with Crippen LogP contribution in [0, 0.1) is 10.8 Å². The number of rotatable bonds is 3. The first-order valence-corrected chi connectivity index (χ1v) is 6.76. The monoisotopic (exact) mass is 311 g/mol. The number of halogens is 1. The predicted octanol–water partition coefficient (Wildman–Crippen LogP) is 3.99. The van der Waals surface area contributed by atoms with Gasteiger partial charge in [0.15, 0.2) is 0 Å². The van der Waals surface area contributed by atoms with Crippen LogP contribution >= 0.6 is 15.9 Å². The van der Waals surface area contributed by atoms with Gasteiger partial charge in [-0.2, -0.15) is 0 Å². The van der Waals surface area contributed by atoms with E-state index in [1.807, 2.05) is 6.07 Å². The Morgan fingerprint density at radius 3 is 2.22 bits per heavy atom. The van der Waals surface area contributed by atoms with Gasteiger partial charge in [0.25, 0.3) is 0 Å². The molecule has 1 aliphatic rings. The fraction of sp³-hybridized carbons (Fsp3) is 0.500. The number of hydrogen-bond acceptors (Lipinski definition) is 2. The topological polar surface area (TPSA) is 49.3 Å². The first-order valence-electron chi connectivity index (χ1n) is 5.97. The number of aromatic carboxylic acids is 1. The standard InChI is InChI=1S/C14H18BrNO2/c1-13(2)12(14(13,3)4)16-10-6-5-8(11(17)18)7-9(10)15/h5-7,12,16H,1-4H3,(H,17,18). The minimum atomic E-state index is -0.908. The predicted molar refractivity (Wildman–Crippen MR) is 76.1 cm³/mol. The zero-order valence-corrected chi connectivity index (χ0v) is 12.6. The molecule has 1 aliphatic carbocycles. The van der Waals surface area contributed by atoms with Crippen molar-refractivity contribution < 1.29 is 9.90 Å². The van der Waals surface area contributed by atoms with Crippen molar-refractivity contribution in [1.29, 1.82) is 0 Å². The van der Waals surface area contributed by atoms with Crippen molar-refractivity contribution in [3.8, 4) is 0 Å². The molecule has 98 valence electrons. The summed E-state index contributed by atoms with van der Waals surface area (Å²) < 4.78 is 0.793. The van der Waals surface area contributed by atoms with Gasteiger partial charge in [0.1, 0.15) is 0 Å². The van der Waals surface area contributed by atoms with E-state index < -0.39 is 5.97 Å². The maximum Gasteiger partial charge on any atom is 0.335 e. The van der Waals surface area contributed by atoms with Crippen molar-refractivity contribution in [2.75, 3.05) is 5.32 Å². The zero-order chi connectivity index (χ0) is 13.7. The number of benzene rings is 1. The number of carboxylic acid groups (broad SMARTS) is 1. The van der Waals surface area contributed by atoms with Crippen molar-refractivity contribution in [3.05, 3.63) is 28.2 Å². The largest absolute Gasteiger partial charge is 0.478 e. The molecule has 0 bridgehead atoms. The highest BCUT2D eigenvalue weighted by Crippen LogP contribution is 2.63. The summed E-state index contributed by atoms with van der Waals surface area (Å²) in [6, 6.07) is 5.47. The molecule has 0 unspecified atom stereocenters. The van der Waals surface area contributed by atoms with Gasteiger partial charge in [0.2, 0.25) is 0 Å². The molecule has 0 amide bonds. The van der Waals surface area contributed by atoms with Gasteiger partial charge >= 0.3 is 5.97 Å². The van der Waals surface area contributed by atoms with Crippen LogP contribution in [0.1, 0.15) is 38.1 Å². The highest BCUT2D eigenvalue weighted by Gasteiger charge is 2.64. The molecule has 0 saturated heterocycles. The fourth-order valence-electron chi connectivity index (χ4n) is 2.48. The van der Waals surface area contributed by atoms with E-state index in [-0.39, 0.29) is 10.8 Å². The summed E-state index contributed by atoms with van der Waals surface area (Å²) in [6.07, 6.45) is 0. The molecular weight excluding hydrogens is 294 g/mol. The van der Waals surface area contributed by atoms with Crippen LogP contribution in [0.3, 0.4) is 0 Å². The third-order valence-electron chi connectivity index (χ3n) is 4.54. The van der Waals surface area contributed by atoms with Gasteiger partial charge in [-0.25, -0.2) is 4.79 Å². The molecule has 18 heavy (non-hydrogen) atoms. The Kier molecular flexibility index (Phi) is 2.97. The lowest BCUT2D eigenvalue weighted by atomic mass is 10.0. The molecule has 4 heteroatoms. The molecule has 0 spiro atoms. The lowest BCUT2D eigenvalue weighted by Gasteiger charge is -2.11. The van der Waals surface area contributed by atoms with Crippen LogP contribution in [0.5, 0.6) is 0 Å². The summed E-state index contributed by atoms with van der Waals surface area (Å²) >= 11 is 3.42. The Hall–Kier alpha value is -1.03. The van der Waals surface area contributed by atoms with Crippen LogP contribution in [0.25, 0.3) is 0 Å². The number of nitrogens with one attached hydrogen (secondary N) is 1. The van der Waals surface area contributed by atoms with Gasteiger partial charge in [-0.3, -0.25) is 0 Å². The van der Waals surface area contributed by atoms with E-state index in [1.54, 1.807) is 12.1 Å². The normalized spacial score (nSPS) is 20.5. The lowest BCUT2D eigenvalue weighted by molar-refractivity contribution is 0.0697. The molecule has 3 nitrogen and oxygen atoms in total. The molecule has 1 fully saturated rings. The fourth-order valence-corrected chi connectivity index (χ4v) is 2.97. The first-order chi connectivity index (χ1) is 8.18. The highest BCUT2D eigenvalue weighted by molar-refractivity contribution is 9.10. The Morgan fingerprint density at radius 1 is 1.28 bits per heavy atom. The Labute approximate surface area is 116 Å². The number of hydrogen-bond donors (Lipinski definition) is 2. The van der Waals surface area contributed by atoms with Crippen LogP contribution in [-0.2, 0) is 0 Å². The average molecular weight is 312 g/mol. The van der Waals surface area contributed by atoms with Crippen molar-refractivity contribution >= 4 is 27.6 Å². The zero-order valence-electron chi connectivity index (χ0n) is 11.0. The molecule has 2 rings (SSSR count). The van der Waals surface area contributed by atoms with Gasteiger partial charge < -0.3 is 10.4 Å². The second-order valence-corrected chi connectivity index (χ2v) is 6.87. The van der Waals surface area contributed by atoms with Gasteiger partial charge in [-0.05, 0) is 45.0 Å². The molecular formula is C14H18BrNO2. The van der Waals surface area contributed by atoms with E-state index in [4.69, 9.17) is 5.11 Å². The maximum atomic E-state index is 10.9. The third-order valence-corrected chi connectivity index (χ3v) is 5.19. The van der Waals surface area contributed by atoms with Crippen LogP contribution in [-0.4, -0.2) is 17.1 Å².